The maximum Gasteiger partial charge on any atom is 0.309 e. The topological polar surface area (TPSA) is 38.3 Å². The van der Waals surface area contributed by atoms with Crippen LogP contribution in [0.3, 0.4) is 0 Å². The molecule has 0 bridgehead atoms. The summed E-state index contributed by atoms with van der Waals surface area (Å²) in [5.41, 5.74) is 0. The van der Waals surface area contributed by atoms with Gasteiger partial charge in [-0.3, -0.25) is 4.79 Å². The van der Waals surface area contributed by atoms with E-state index in [1.54, 1.807) is 0 Å². The standard InChI is InChI=1S/C14H27NO2/c1-4-17-14(16)12(3)9-15-10-13-8-6-5-7-11(13)2/h11-13,15H,4-10H2,1-3H3. The zero-order valence-electron chi connectivity index (χ0n) is 11.5. The Balaban J connectivity index is 2.15. The molecule has 1 rings (SSSR count). The van der Waals surface area contributed by atoms with E-state index >= 15 is 0 Å². The first-order valence-electron chi connectivity index (χ1n) is 7.02. The maximum atomic E-state index is 11.4. The Labute approximate surface area is 105 Å². The summed E-state index contributed by atoms with van der Waals surface area (Å²) in [4.78, 5) is 11.4. The lowest BCUT2D eigenvalue weighted by Gasteiger charge is -2.29. The third-order valence-corrected chi connectivity index (χ3v) is 3.84. The minimum atomic E-state index is -0.0864. The maximum absolute atomic E-state index is 11.4. The van der Waals surface area contributed by atoms with Crippen molar-refractivity contribution in [2.75, 3.05) is 19.7 Å². The fourth-order valence-electron chi connectivity index (χ4n) is 2.55. The molecule has 0 amide bonds. The first-order valence-corrected chi connectivity index (χ1v) is 7.02. The van der Waals surface area contributed by atoms with Gasteiger partial charge < -0.3 is 10.1 Å². The molecule has 1 aliphatic carbocycles. The third-order valence-electron chi connectivity index (χ3n) is 3.84. The van der Waals surface area contributed by atoms with E-state index in [1.165, 1.54) is 25.7 Å². The molecule has 0 aromatic rings. The van der Waals surface area contributed by atoms with Crippen LogP contribution in [0.4, 0.5) is 0 Å². The predicted octanol–water partition coefficient (Wildman–Crippen LogP) is 2.60. The zero-order valence-corrected chi connectivity index (χ0v) is 11.5. The highest BCUT2D eigenvalue weighted by molar-refractivity contribution is 5.72. The van der Waals surface area contributed by atoms with E-state index in [2.05, 4.69) is 12.2 Å². The van der Waals surface area contributed by atoms with Gasteiger partial charge in [0.25, 0.3) is 0 Å². The van der Waals surface area contributed by atoms with Gasteiger partial charge in [-0.25, -0.2) is 0 Å². The van der Waals surface area contributed by atoms with Crippen molar-refractivity contribution in [3.8, 4) is 0 Å². The number of hydrogen-bond acceptors (Lipinski definition) is 3. The third kappa shape index (κ3) is 5.07. The van der Waals surface area contributed by atoms with Crippen molar-refractivity contribution in [1.29, 1.82) is 0 Å². The van der Waals surface area contributed by atoms with Crippen molar-refractivity contribution >= 4 is 5.97 Å². The summed E-state index contributed by atoms with van der Waals surface area (Å²) < 4.78 is 4.99. The van der Waals surface area contributed by atoms with Crippen molar-refractivity contribution in [3.05, 3.63) is 0 Å². The highest BCUT2D eigenvalue weighted by Gasteiger charge is 2.21. The van der Waals surface area contributed by atoms with Crippen LogP contribution in [0.15, 0.2) is 0 Å². The number of ether oxygens (including phenoxy) is 1. The Morgan fingerprint density at radius 3 is 2.76 bits per heavy atom. The molecule has 3 heteroatoms. The van der Waals surface area contributed by atoms with Crippen molar-refractivity contribution in [2.24, 2.45) is 17.8 Å². The van der Waals surface area contributed by atoms with Gasteiger partial charge in [0, 0.05) is 6.54 Å². The van der Waals surface area contributed by atoms with Gasteiger partial charge in [-0.15, -0.1) is 0 Å². The van der Waals surface area contributed by atoms with Crippen LogP contribution in [0.2, 0.25) is 0 Å². The van der Waals surface area contributed by atoms with Crippen molar-refractivity contribution < 1.29 is 9.53 Å². The molecule has 0 radical (unpaired) electrons. The number of rotatable bonds is 6. The average molecular weight is 241 g/mol. The molecule has 0 heterocycles. The number of carbonyl (C=O) groups excluding carboxylic acids is 1. The lowest BCUT2D eigenvalue weighted by atomic mass is 9.80. The molecule has 0 aromatic heterocycles. The highest BCUT2D eigenvalue weighted by atomic mass is 16.5. The average Bonchev–Trinajstić information content (AvgIpc) is 2.31. The van der Waals surface area contributed by atoms with Gasteiger partial charge in [-0.1, -0.05) is 33.1 Å². The monoisotopic (exact) mass is 241 g/mol. The summed E-state index contributed by atoms with van der Waals surface area (Å²) in [5.74, 6) is 1.50. The van der Waals surface area contributed by atoms with Gasteiger partial charge in [0.1, 0.15) is 0 Å². The van der Waals surface area contributed by atoms with E-state index in [0.29, 0.717) is 6.61 Å². The van der Waals surface area contributed by atoms with Gasteiger partial charge in [0.2, 0.25) is 0 Å². The minimum Gasteiger partial charge on any atom is -0.466 e. The summed E-state index contributed by atoms with van der Waals surface area (Å²) in [5, 5.41) is 3.42. The van der Waals surface area contributed by atoms with E-state index in [0.717, 1.165) is 24.9 Å². The molecule has 3 nitrogen and oxygen atoms in total. The molecule has 3 unspecified atom stereocenters. The lowest BCUT2D eigenvalue weighted by Crippen LogP contribution is -2.34. The van der Waals surface area contributed by atoms with Crippen LogP contribution >= 0.6 is 0 Å². The van der Waals surface area contributed by atoms with Crippen LogP contribution in [0.25, 0.3) is 0 Å². The van der Waals surface area contributed by atoms with E-state index in [4.69, 9.17) is 4.74 Å². The number of carbonyl (C=O) groups is 1. The molecule has 17 heavy (non-hydrogen) atoms. The Bertz CT molecular complexity index is 230. The molecule has 3 atom stereocenters. The molecule has 0 aromatic carbocycles. The van der Waals surface area contributed by atoms with Gasteiger partial charge in [0.15, 0.2) is 0 Å². The Morgan fingerprint density at radius 1 is 1.41 bits per heavy atom. The van der Waals surface area contributed by atoms with Crippen LogP contribution in [0.1, 0.15) is 46.5 Å². The zero-order chi connectivity index (χ0) is 12.7. The molecule has 1 saturated carbocycles. The molecule has 1 aliphatic rings. The van der Waals surface area contributed by atoms with Crippen LogP contribution in [0.5, 0.6) is 0 Å². The number of hydrogen-bond donors (Lipinski definition) is 1. The summed E-state index contributed by atoms with van der Waals surface area (Å²) in [6, 6.07) is 0. The summed E-state index contributed by atoms with van der Waals surface area (Å²) in [7, 11) is 0. The van der Waals surface area contributed by atoms with Crippen LogP contribution < -0.4 is 5.32 Å². The van der Waals surface area contributed by atoms with E-state index in [9.17, 15) is 4.79 Å². The normalized spacial score (nSPS) is 26.5. The molecule has 100 valence electrons. The highest BCUT2D eigenvalue weighted by Crippen LogP contribution is 2.28. The SMILES string of the molecule is CCOC(=O)C(C)CNCC1CCCCC1C. The van der Waals surface area contributed by atoms with Gasteiger partial charge in [-0.05, 0) is 31.7 Å². The second-order valence-corrected chi connectivity index (χ2v) is 5.33. The number of esters is 1. The predicted molar refractivity (Wildman–Crippen MR) is 69.8 cm³/mol. The fraction of sp³-hybridized carbons (Fsp3) is 0.929. The van der Waals surface area contributed by atoms with Crippen molar-refractivity contribution in [2.45, 2.75) is 46.5 Å². The van der Waals surface area contributed by atoms with Crippen LogP contribution in [-0.4, -0.2) is 25.7 Å². The first-order chi connectivity index (χ1) is 8.15. The van der Waals surface area contributed by atoms with Gasteiger partial charge in [0.05, 0.1) is 12.5 Å². The van der Waals surface area contributed by atoms with Crippen molar-refractivity contribution in [3.63, 3.8) is 0 Å². The molecule has 0 aliphatic heterocycles. The Kier molecular flexibility index (Phi) is 6.56. The van der Waals surface area contributed by atoms with Crippen LogP contribution in [-0.2, 0) is 9.53 Å². The van der Waals surface area contributed by atoms with Gasteiger partial charge in [-0.2, -0.15) is 0 Å². The minimum absolute atomic E-state index is 0.0335. The van der Waals surface area contributed by atoms with E-state index < -0.39 is 0 Å². The van der Waals surface area contributed by atoms with E-state index in [-0.39, 0.29) is 11.9 Å². The number of nitrogens with one attached hydrogen (secondary N) is 1. The molecule has 1 fully saturated rings. The first kappa shape index (κ1) is 14.5. The summed E-state index contributed by atoms with van der Waals surface area (Å²) in [6.07, 6.45) is 5.45. The smallest absolute Gasteiger partial charge is 0.309 e. The Morgan fingerprint density at radius 2 is 2.12 bits per heavy atom. The fourth-order valence-corrected chi connectivity index (χ4v) is 2.55. The molecular formula is C14H27NO2. The molecule has 0 saturated heterocycles. The lowest BCUT2D eigenvalue weighted by molar-refractivity contribution is -0.147. The quantitative estimate of drug-likeness (QED) is 0.726. The van der Waals surface area contributed by atoms with Gasteiger partial charge >= 0.3 is 5.97 Å². The molecule has 0 spiro atoms. The van der Waals surface area contributed by atoms with E-state index in [1.807, 2.05) is 13.8 Å². The Hall–Kier alpha value is -0.570. The summed E-state index contributed by atoms with van der Waals surface area (Å²) in [6.45, 7) is 8.38. The second-order valence-electron chi connectivity index (χ2n) is 5.33. The largest absolute Gasteiger partial charge is 0.466 e. The second kappa shape index (κ2) is 7.70. The van der Waals surface area contributed by atoms with Crippen molar-refractivity contribution in [1.82, 2.24) is 5.32 Å². The summed E-state index contributed by atoms with van der Waals surface area (Å²) >= 11 is 0. The molecular weight excluding hydrogens is 214 g/mol. The van der Waals surface area contributed by atoms with Crippen LogP contribution in [0, 0.1) is 17.8 Å². The molecule has 1 N–H and O–H groups in total.